The molecule has 2 aromatic carbocycles. The van der Waals surface area contributed by atoms with Gasteiger partial charge in [-0.15, -0.1) is 11.3 Å². The third-order valence-electron chi connectivity index (χ3n) is 4.98. The van der Waals surface area contributed by atoms with Crippen molar-refractivity contribution >= 4 is 44.8 Å². The van der Waals surface area contributed by atoms with E-state index in [4.69, 9.17) is 21.4 Å². The minimum absolute atomic E-state index is 0.0887. The van der Waals surface area contributed by atoms with Crippen molar-refractivity contribution in [1.82, 2.24) is 9.97 Å². The molecular weight excluding hydrogens is 446 g/mol. The van der Waals surface area contributed by atoms with Crippen LogP contribution in [0.2, 0.25) is 5.02 Å². The molecule has 2 heterocycles. The number of hydrogen-bond donors (Lipinski definition) is 2. The average Bonchev–Trinajstić information content (AvgIpc) is 3.15. The molecule has 0 atom stereocenters. The number of nitrogens with zero attached hydrogens (tertiary/aromatic N) is 2. The molecule has 8 heteroatoms. The summed E-state index contributed by atoms with van der Waals surface area (Å²) in [6.45, 7) is 3.04. The summed E-state index contributed by atoms with van der Waals surface area (Å²) in [5, 5.41) is 16.3. The third kappa shape index (κ3) is 5.18. The Kier molecular flexibility index (Phi) is 6.87. The topological polar surface area (TPSA) is 84.3 Å². The van der Waals surface area contributed by atoms with Gasteiger partial charge >= 0.3 is 5.97 Å². The van der Waals surface area contributed by atoms with Crippen LogP contribution in [0.4, 0.5) is 5.82 Å². The Morgan fingerprint density at radius 3 is 2.88 bits per heavy atom. The number of aliphatic carboxylic acids is 1. The summed E-state index contributed by atoms with van der Waals surface area (Å²) in [7, 11) is 0. The van der Waals surface area contributed by atoms with Gasteiger partial charge in [0.05, 0.1) is 23.7 Å². The zero-order valence-corrected chi connectivity index (χ0v) is 19.0. The summed E-state index contributed by atoms with van der Waals surface area (Å²) < 4.78 is 6.83. The van der Waals surface area contributed by atoms with Crippen LogP contribution in [0.5, 0.6) is 5.75 Å². The quantitative estimate of drug-likeness (QED) is 0.329. The first-order valence-electron chi connectivity index (χ1n) is 10.2. The molecule has 6 nitrogen and oxygen atoms in total. The van der Waals surface area contributed by atoms with Crippen LogP contribution in [0, 0.1) is 0 Å². The van der Waals surface area contributed by atoms with E-state index in [1.807, 2.05) is 30.5 Å². The van der Waals surface area contributed by atoms with E-state index in [0.717, 1.165) is 33.9 Å². The van der Waals surface area contributed by atoms with Gasteiger partial charge in [-0.3, -0.25) is 4.79 Å². The van der Waals surface area contributed by atoms with E-state index >= 15 is 0 Å². The summed E-state index contributed by atoms with van der Waals surface area (Å²) in [5.41, 5.74) is 3.41. The van der Waals surface area contributed by atoms with Crippen molar-refractivity contribution in [2.45, 2.75) is 19.8 Å². The molecule has 0 spiro atoms. The van der Waals surface area contributed by atoms with E-state index in [1.165, 1.54) is 16.6 Å². The van der Waals surface area contributed by atoms with Crippen molar-refractivity contribution < 1.29 is 14.6 Å². The minimum Gasteiger partial charge on any atom is -0.494 e. The molecule has 0 fully saturated rings. The van der Waals surface area contributed by atoms with Crippen molar-refractivity contribution in [3.63, 3.8) is 0 Å². The van der Waals surface area contributed by atoms with Crippen LogP contribution in [0.25, 0.3) is 21.3 Å². The summed E-state index contributed by atoms with van der Waals surface area (Å²) in [6, 6.07) is 13.7. The fourth-order valence-electron chi connectivity index (χ4n) is 3.46. The van der Waals surface area contributed by atoms with Crippen molar-refractivity contribution in [3.8, 4) is 17.0 Å². The van der Waals surface area contributed by atoms with Gasteiger partial charge in [0.1, 0.15) is 17.9 Å². The number of hydrogen-bond acceptors (Lipinski definition) is 6. The Balaban J connectivity index is 1.46. The van der Waals surface area contributed by atoms with Crippen molar-refractivity contribution in [3.05, 3.63) is 70.3 Å². The van der Waals surface area contributed by atoms with Gasteiger partial charge in [0.15, 0.2) is 0 Å². The zero-order chi connectivity index (χ0) is 22.5. The zero-order valence-electron chi connectivity index (χ0n) is 17.5. The molecule has 0 aliphatic carbocycles. The number of fused-ring (bicyclic) bond motifs is 1. The molecule has 4 aromatic rings. The number of carboxylic acids is 1. The molecule has 0 bridgehead atoms. The normalized spacial score (nSPS) is 10.9. The molecule has 0 aliphatic heterocycles. The molecule has 0 saturated carbocycles. The van der Waals surface area contributed by atoms with Crippen LogP contribution in [-0.4, -0.2) is 34.2 Å². The maximum atomic E-state index is 11.1. The monoisotopic (exact) mass is 467 g/mol. The Morgan fingerprint density at radius 1 is 1.19 bits per heavy atom. The summed E-state index contributed by atoms with van der Waals surface area (Å²) in [4.78, 5) is 19.8. The summed E-state index contributed by atoms with van der Waals surface area (Å²) in [5.74, 6) is 0.382. The summed E-state index contributed by atoms with van der Waals surface area (Å²) in [6.07, 6.45) is 2.26. The molecule has 0 saturated heterocycles. The lowest BCUT2D eigenvalue weighted by Crippen LogP contribution is -2.07. The van der Waals surface area contributed by atoms with E-state index < -0.39 is 5.97 Å². The number of nitrogens with one attached hydrogen (secondary N) is 1. The van der Waals surface area contributed by atoms with Gasteiger partial charge < -0.3 is 15.2 Å². The van der Waals surface area contributed by atoms with Crippen LogP contribution >= 0.6 is 22.9 Å². The summed E-state index contributed by atoms with van der Waals surface area (Å²) >= 11 is 7.90. The van der Waals surface area contributed by atoms with Gasteiger partial charge in [-0.2, -0.15) is 0 Å². The smallest absolute Gasteiger partial charge is 0.307 e. The number of benzene rings is 2. The van der Waals surface area contributed by atoms with Crippen LogP contribution in [0.3, 0.4) is 0 Å². The lowest BCUT2D eigenvalue weighted by atomic mass is 10.1. The van der Waals surface area contributed by atoms with E-state index in [9.17, 15) is 4.79 Å². The number of carbonyl (C=O) groups is 1. The number of aromatic nitrogens is 2. The minimum atomic E-state index is -0.896. The predicted molar refractivity (Wildman–Crippen MR) is 129 cm³/mol. The Morgan fingerprint density at radius 2 is 2.06 bits per heavy atom. The number of ether oxygens (including phenoxy) is 1. The maximum Gasteiger partial charge on any atom is 0.307 e. The fraction of sp³-hybridized carbons (Fsp3) is 0.208. The van der Waals surface area contributed by atoms with E-state index in [-0.39, 0.29) is 6.42 Å². The van der Waals surface area contributed by atoms with Crippen molar-refractivity contribution in [2.24, 2.45) is 0 Å². The second-order valence-electron chi connectivity index (χ2n) is 7.21. The number of anilines is 1. The highest BCUT2D eigenvalue weighted by molar-refractivity contribution is 7.17. The number of halogens is 1. The molecular formula is C24H22ClN3O3S. The third-order valence-corrected chi connectivity index (χ3v) is 6.39. The molecule has 2 N–H and O–H groups in total. The van der Waals surface area contributed by atoms with E-state index in [0.29, 0.717) is 24.5 Å². The van der Waals surface area contributed by atoms with Crippen LogP contribution in [0.1, 0.15) is 18.1 Å². The SMILES string of the molecule is CCOc1cc(-c2cc(NCCc3ccc4scc(Cl)c4c3)ncn2)ccc1CC(=O)O. The second-order valence-corrected chi connectivity index (χ2v) is 8.52. The predicted octanol–water partition coefficient (Wildman–Crippen LogP) is 5.69. The highest BCUT2D eigenvalue weighted by Crippen LogP contribution is 2.31. The highest BCUT2D eigenvalue weighted by Gasteiger charge is 2.11. The average molecular weight is 468 g/mol. The number of rotatable bonds is 9. The molecule has 0 amide bonds. The highest BCUT2D eigenvalue weighted by atomic mass is 35.5. The Bertz CT molecular complexity index is 1260. The standard InChI is InChI=1S/C24H22ClN3O3S/c1-2-31-21-10-16(4-5-17(21)11-24(29)30)20-12-23(28-14-27-20)26-8-7-15-3-6-22-18(9-15)19(25)13-32-22/h3-6,9-10,12-14H,2,7-8,11H2,1H3,(H,29,30)(H,26,27,28). The number of thiophene rings is 1. The maximum absolute atomic E-state index is 11.1. The first kappa shape index (κ1) is 22.0. The van der Waals surface area contributed by atoms with Gasteiger partial charge in [-0.05, 0) is 37.1 Å². The first-order valence-corrected chi connectivity index (χ1v) is 11.5. The van der Waals surface area contributed by atoms with Crippen LogP contribution in [-0.2, 0) is 17.6 Å². The Labute approximate surface area is 194 Å². The van der Waals surface area contributed by atoms with Gasteiger partial charge in [0.25, 0.3) is 0 Å². The van der Waals surface area contributed by atoms with Crippen molar-refractivity contribution in [1.29, 1.82) is 0 Å². The Hall–Kier alpha value is -3.16. The van der Waals surface area contributed by atoms with Gasteiger partial charge in [0.2, 0.25) is 0 Å². The van der Waals surface area contributed by atoms with Crippen LogP contribution < -0.4 is 10.1 Å². The van der Waals surface area contributed by atoms with Gasteiger partial charge in [-0.1, -0.05) is 29.8 Å². The van der Waals surface area contributed by atoms with E-state index in [1.54, 1.807) is 17.4 Å². The van der Waals surface area contributed by atoms with E-state index in [2.05, 4.69) is 33.5 Å². The van der Waals surface area contributed by atoms with Gasteiger partial charge in [-0.25, -0.2) is 9.97 Å². The lowest BCUT2D eigenvalue weighted by molar-refractivity contribution is -0.136. The molecule has 0 unspecified atom stereocenters. The molecule has 2 aromatic heterocycles. The lowest BCUT2D eigenvalue weighted by Gasteiger charge is -2.12. The molecule has 0 aliphatic rings. The number of carboxylic acid groups (broad SMARTS) is 1. The van der Waals surface area contributed by atoms with Gasteiger partial charge in [0, 0.05) is 39.2 Å². The van der Waals surface area contributed by atoms with Crippen LogP contribution in [0.15, 0.2) is 54.2 Å². The first-order chi connectivity index (χ1) is 15.5. The molecule has 0 radical (unpaired) electrons. The second kappa shape index (κ2) is 9.97. The molecule has 32 heavy (non-hydrogen) atoms. The molecule has 4 rings (SSSR count). The fourth-order valence-corrected chi connectivity index (χ4v) is 4.61. The largest absolute Gasteiger partial charge is 0.494 e. The van der Waals surface area contributed by atoms with Crippen molar-refractivity contribution in [2.75, 3.05) is 18.5 Å². The molecule has 164 valence electrons.